The SMILES string of the molecule is CNCC1CN(c2ccccc2OC)CCCN1C. The van der Waals surface area contributed by atoms with Gasteiger partial charge < -0.3 is 19.9 Å². The second kappa shape index (κ2) is 6.78. The summed E-state index contributed by atoms with van der Waals surface area (Å²) in [5.74, 6) is 0.968. The van der Waals surface area contributed by atoms with Crippen LogP contribution in [0.3, 0.4) is 0 Å². The Morgan fingerprint density at radius 2 is 2.11 bits per heavy atom. The van der Waals surface area contributed by atoms with E-state index < -0.39 is 0 Å². The molecule has 106 valence electrons. The molecule has 0 bridgehead atoms. The zero-order chi connectivity index (χ0) is 13.7. The molecule has 0 aliphatic carbocycles. The zero-order valence-corrected chi connectivity index (χ0v) is 12.2. The fourth-order valence-corrected chi connectivity index (χ4v) is 2.74. The summed E-state index contributed by atoms with van der Waals surface area (Å²) in [6.07, 6.45) is 1.19. The third kappa shape index (κ3) is 3.39. The van der Waals surface area contributed by atoms with E-state index in [1.165, 1.54) is 12.1 Å². The van der Waals surface area contributed by atoms with E-state index in [1.54, 1.807) is 7.11 Å². The van der Waals surface area contributed by atoms with Gasteiger partial charge in [0, 0.05) is 25.7 Å². The maximum atomic E-state index is 5.49. The van der Waals surface area contributed by atoms with Crippen LogP contribution in [-0.4, -0.2) is 58.3 Å². The van der Waals surface area contributed by atoms with Crippen molar-refractivity contribution in [2.45, 2.75) is 12.5 Å². The molecule has 4 nitrogen and oxygen atoms in total. The van der Waals surface area contributed by atoms with Gasteiger partial charge >= 0.3 is 0 Å². The fraction of sp³-hybridized carbons (Fsp3) is 0.600. The number of anilines is 1. The van der Waals surface area contributed by atoms with Crippen LogP contribution in [0.15, 0.2) is 24.3 Å². The van der Waals surface area contributed by atoms with Gasteiger partial charge in [0.15, 0.2) is 0 Å². The van der Waals surface area contributed by atoms with Crippen molar-refractivity contribution in [3.8, 4) is 5.75 Å². The number of rotatable bonds is 4. The Labute approximate surface area is 116 Å². The van der Waals surface area contributed by atoms with Crippen molar-refractivity contribution in [2.75, 3.05) is 52.3 Å². The summed E-state index contributed by atoms with van der Waals surface area (Å²) in [4.78, 5) is 4.90. The molecular weight excluding hydrogens is 238 g/mol. The van der Waals surface area contributed by atoms with Gasteiger partial charge in [-0.3, -0.25) is 0 Å². The monoisotopic (exact) mass is 263 g/mol. The minimum Gasteiger partial charge on any atom is -0.495 e. The number of nitrogens with zero attached hydrogens (tertiary/aromatic N) is 2. The van der Waals surface area contributed by atoms with Gasteiger partial charge in [0.05, 0.1) is 12.8 Å². The first-order valence-corrected chi connectivity index (χ1v) is 6.99. The number of ether oxygens (including phenoxy) is 1. The van der Waals surface area contributed by atoms with Gasteiger partial charge in [-0.25, -0.2) is 0 Å². The van der Waals surface area contributed by atoms with Gasteiger partial charge in [0.25, 0.3) is 0 Å². The number of nitrogens with one attached hydrogen (secondary N) is 1. The number of hydrogen-bond donors (Lipinski definition) is 1. The van der Waals surface area contributed by atoms with Gasteiger partial charge in [0.1, 0.15) is 5.75 Å². The summed E-state index contributed by atoms with van der Waals surface area (Å²) in [6, 6.07) is 8.84. The smallest absolute Gasteiger partial charge is 0.142 e. The Kier molecular flexibility index (Phi) is 5.05. The van der Waals surface area contributed by atoms with Gasteiger partial charge in [-0.1, -0.05) is 12.1 Å². The average molecular weight is 263 g/mol. The van der Waals surface area contributed by atoms with E-state index in [0.717, 1.165) is 31.9 Å². The van der Waals surface area contributed by atoms with E-state index in [2.05, 4.69) is 34.3 Å². The lowest BCUT2D eigenvalue weighted by molar-refractivity contribution is 0.257. The standard InChI is InChI=1S/C15H25N3O/c1-16-11-13-12-18(10-6-9-17(13)2)14-7-4-5-8-15(14)19-3/h4-5,7-8,13,16H,6,9-12H2,1-3H3. The van der Waals surface area contributed by atoms with Crippen molar-refractivity contribution in [3.05, 3.63) is 24.3 Å². The molecule has 4 heteroatoms. The van der Waals surface area contributed by atoms with Crippen LogP contribution in [0.4, 0.5) is 5.69 Å². The molecule has 1 aromatic rings. The fourth-order valence-electron chi connectivity index (χ4n) is 2.74. The molecule has 1 aromatic carbocycles. The molecule has 1 aliphatic heterocycles. The van der Waals surface area contributed by atoms with Gasteiger partial charge in [-0.2, -0.15) is 0 Å². The van der Waals surface area contributed by atoms with Crippen LogP contribution in [0.25, 0.3) is 0 Å². The summed E-state index contributed by atoms with van der Waals surface area (Å²) in [6.45, 7) is 4.29. The molecule has 1 aliphatic rings. The lowest BCUT2D eigenvalue weighted by atomic mass is 10.2. The van der Waals surface area contributed by atoms with E-state index in [1.807, 2.05) is 19.2 Å². The first-order valence-electron chi connectivity index (χ1n) is 6.99. The van der Waals surface area contributed by atoms with E-state index in [4.69, 9.17) is 4.74 Å². The van der Waals surface area contributed by atoms with Crippen molar-refractivity contribution >= 4 is 5.69 Å². The van der Waals surface area contributed by atoms with Crippen molar-refractivity contribution in [1.29, 1.82) is 0 Å². The number of likely N-dealkylation sites (N-methyl/N-ethyl adjacent to an activating group) is 2. The van der Waals surface area contributed by atoms with Crippen LogP contribution in [0, 0.1) is 0 Å². The molecule has 1 N–H and O–H groups in total. The first kappa shape index (κ1) is 14.2. The van der Waals surface area contributed by atoms with Gasteiger partial charge in [0.2, 0.25) is 0 Å². The molecule has 0 amide bonds. The summed E-state index contributed by atoms with van der Waals surface area (Å²) < 4.78 is 5.49. The third-order valence-corrected chi connectivity index (χ3v) is 3.86. The number of hydrogen-bond acceptors (Lipinski definition) is 4. The molecule has 0 aromatic heterocycles. The summed E-state index contributed by atoms with van der Waals surface area (Å²) in [7, 11) is 5.98. The Morgan fingerprint density at radius 3 is 2.84 bits per heavy atom. The molecule has 0 saturated carbocycles. The maximum Gasteiger partial charge on any atom is 0.142 e. The summed E-state index contributed by atoms with van der Waals surface area (Å²) in [5, 5.41) is 3.30. The highest BCUT2D eigenvalue weighted by Crippen LogP contribution is 2.29. The Hall–Kier alpha value is -1.26. The van der Waals surface area contributed by atoms with E-state index in [-0.39, 0.29) is 0 Å². The Bertz CT molecular complexity index is 397. The first-order chi connectivity index (χ1) is 9.26. The Balaban J connectivity index is 2.18. The number of methoxy groups -OCH3 is 1. The lowest BCUT2D eigenvalue weighted by Gasteiger charge is -2.30. The Morgan fingerprint density at radius 1 is 1.32 bits per heavy atom. The third-order valence-electron chi connectivity index (χ3n) is 3.86. The van der Waals surface area contributed by atoms with Crippen molar-refractivity contribution in [2.24, 2.45) is 0 Å². The summed E-state index contributed by atoms with van der Waals surface area (Å²) >= 11 is 0. The maximum absolute atomic E-state index is 5.49. The molecular formula is C15H25N3O. The van der Waals surface area contributed by atoms with Crippen LogP contribution in [-0.2, 0) is 0 Å². The minimum atomic E-state index is 0.539. The van der Waals surface area contributed by atoms with Crippen LogP contribution in [0.5, 0.6) is 5.75 Å². The molecule has 0 spiro atoms. The quantitative estimate of drug-likeness (QED) is 0.889. The van der Waals surface area contributed by atoms with Crippen LogP contribution < -0.4 is 15.0 Å². The largest absolute Gasteiger partial charge is 0.495 e. The molecule has 1 saturated heterocycles. The molecule has 1 fully saturated rings. The van der Waals surface area contributed by atoms with Crippen LogP contribution in [0.1, 0.15) is 6.42 Å². The molecule has 2 rings (SSSR count). The molecule has 1 atom stereocenters. The normalized spacial score (nSPS) is 21.2. The molecule has 1 unspecified atom stereocenters. The zero-order valence-electron chi connectivity index (χ0n) is 12.2. The molecule has 0 radical (unpaired) electrons. The van der Waals surface area contributed by atoms with Gasteiger partial charge in [-0.15, -0.1) is 0 Å². The van der Waals surface area contributed by atoms with Crippen molar-refractivity contribution in [1.82, 2.24) is 10.2 Å². The highest BCUT2D eigenvalue weighted by Gasteiger charge is 2.23. The van der Waals surface area contributed by atoms with Gasteiger partial charge in [-0.05, 0) is 39.2 Å². The predicted octanol–water partition coefficient (Wildman–Crippen LogP) is 1.43. The van der Waals surface area contributed by atoms with E-state index in [9.17, 15) is 0 Å². The van der Waals surface area contributed by atoms with Crippen LogP contribution in [0.2, 0.25) is 0 Å². The van der Waals surface area contributed by atoms with Crippen LogP contribution >= 0.6 is 0 Å². The summed E-state index contributed by atoms with van der Waals surface area (Å²) in [5.41, 5.74) is 1.21. The highest BCUT2D eigenvalue weighted by molar-refractivity contribution is 5.58. The highest BCUT2D eigenvalue weighted by atomic mass is 16.5. The lowest BCUT2D eigenvalue weighted by Crippen LogP contribution is -2.44. The van der Waals surface area contributed by atoms with E-state index in [0.29, 0.717) is 6.04 Å². The second-order valence-corrected chi connectivity index (χ2v) is 5.16. The van der Waals surface area contributed by atoms with Crippen molar-refractivity contribution < 1.29 is 4.74 Å². The van der Waals surface area contributed by atoms with E-state index >= 15 is 0 Å². The number of para-hydroxylation sites is 2. The molecule has 1 heterocycles. The topological polar surface area (TPSA) is 27.7 Å². The molecule has 19 heavy (non-hydrogen) atoms. The van der Waals surface area contributed by atoms with Crippen molar-refractivity contribution in [3.63, 3.8) is 0 Å². The number of benzene rings is 1. The predicted molar refractivity (Wildman–Crippen MR) is 80.2 cm³/mol. The second-order valence-electron chi connectivity index (χ2n) is 5.16. The average Bonchev–Trinajstić information content (AvgIpc) is 2.62. The minimum absolute atomic E-state index is 0.539.